The van der Waals surface area contributed by atoms with E-state index in [-0.39, 0.29) is 6.04 Å². The molecule has 1 aliphatic rings. The molecule has 0 saturated heterocycles. The lowest BCUT2D eigenvalue weighted by molar-refractivity contribution is -0.143. The SMILES string of the molecule is CCOC(=O)N(C)C1CCCC1C(=O)O. The van der Waals surface area contributed by atoms with Gasteiger partial charge < -0.3 is 14.7 Å². The second kappa shape index (κ2) is 5.00. The van der Waals surface area contributed by atoms with Gasteiger partial charge in [-0.2, -0.15) is 0 Å². The summed E-state index contributed by atoms with van der Waals surface area (Å²) in [6, 6.07) is -0.221. The smallest absolute Gasteiger partial charge is 0.409 e. The summed E-state index contributed by atoms with van der Waals surface area (Å²) in [5.74, 6) is -1.27. The van der Waals surface area contributed by atoms with Crippen LogP contribution in [0.3, 0.4) is 0 Å². The number of nitrogens with zero attached hydrogens (tertiary/aromatic N) is 1. The molecule has 0 bridgehead atoms. The number of amides is 1. The average molecular weight is 215 g/mol. The van der Waals surface area contributed by atoms with Crippen LogP contribution in [0.4, 0.5) is 4.79 Å². The van der Waals surface area contributed by atoms with E-state index in [4.69, 9.17) is 9.84 Å². The molecule has 0 aromatic rings. The first-order valence-corrected chi connectivity index (χ1v) is 5.20. The van der Waals surface area contributed by atoms with Crippen LogP contribution >= 0.6 is 0 Å². The molecule has 1 saturated carbocycles. The average Bonchev–Trinajstić information content (AvgIpc) is 2.65. The fraction of sp³-hybridized carbons (Fsp3) is 0.800. The Morgan fingerprint density at radius 1 is 1.47 bits per heavy atom. The number of hydrogen-bond acceptors (Lipinski definition) is 3. The van der Waals surface area contributed by atoms with E-state index in [1.165, 1.54) is 4.90 Å². The van der Waals surface area contributed by atoms with Gasteiger partial charge in [0.05, 0.1) is 12.5 Å². The number of carbonyl (C=O) groups is 2. The molecule has 0 spiro atoms. The van der Waals surface area contributed by atoms with E-state index in [1.54, 1.807) is 14.0 Å². The molecule has 1 amide bonds. The highest BCUT2D eigenvalue weighted by atomic mass is 16.6. The van der Waals surface area contributed by atoms with Gasteiger partial charge in [-0.1, -0.05) is 6.42 Å². The summed E-state index contributed by atoms with van der Waals surface area (Å²) in [7, 11) is 1.60. The third-order valence-corrected chi connectivity index (χ3v) is 2.85. The zero-order valence-corrected chi connectivity index (χ0v) is 9.10. The van der Waals surface area contributed by atoms with Crippen molar-refractivity contribution in [3.8, 4) is 0 Å². The lowest BCUT2D eigenvalue weighted by atomic mass is 10.0. The quantitative estimate of drug-likeness (QED) is 0.771. The van der Waals surface area contributed by atoms with Crippen LogP contribution in [0.25, 0.3) is 0 Å². The Balaban J connectivity index is 2.61. The van der Waals surface area contributed by atoms with E-state index in [0.29, 0.717) is 13.0 Å². The molecule has 0 aromatic carbocycles. The number of hydrogen-bond donors (Lipinski definition) is 1. The van der Waals surface area contributed by atoms with E-state index in [0.717, 1.165) is 12.8 Å². The molecular weight excluding hydrogens is 198 g/mol. The highest BCUT2D eigenvalue weighted by Gasteiger charge is 2.37. The number of carboxylic acids is 1. The van der Waals surface area contributed by atoms with Gasteiger partial charge in [-0.15, -0.1) is 0 Å². The zero-order chi connectivity index (χ0) is 11.4. The second-order valence-corrected chi connectivity index (χ2v) is 3.75. The van der Waals surface area contributed by atoms with Crippen LogP contribution in [0.15, 0.2) is 0 Å². The Kier molecular flexibility index (Phi) is 3.94. The molecule has 1 N–H and O–H groups in total. The molecule has 0 aliphatic heterocycles. The molecular formula is C10H17NO4. The maximum absolute atomic E-state index is 11.4. The summed E-state index contributed by atoms with van der Waals surface area (Å²) in [6.07, 6.45) is 1.80. The van der Waals surface area contributed by atoms with Gasteiger partial charge in [0.25, 0.3) is 0 Å². The summed E-state index contributed by atoms with van der Waals surface area (Å²) < 4.78 is 4.84. The Morgan fingerprint density at radius 2 is 2.13 bits per heavy atom. The number of carbonyl (C=O) groups excluding carboxylic acids is 1. The van der Waals surface area contributed by atoms with Gasteiger partial charge in [-0.25, -0.2) is 4.79 Å². The van der Waals surface area contributed by atoms with Gasteiger partial charge in [-0.3, -0.25) is 4.79 Å². The number of rotatable bonds is 3. The fourth-order valence-electron chi connectivity index (χ4n) is 2.05. The largest absolute Gasteiger partial charge is 0.481 e. The standard InChI is InChI=1S/C10H17NO4/c1-3-15-10(14)11(2)8-6-4-5-7(8)9(12)13/h7-8H,3-6H2,1-2H3,(H,12,13). The molecule has 5 nitrogen and oxygen atoms in total. The minimum absolute atomic E-state index is 0.221. The van der Waals surface area contributed by atoms with E-state index in [1.807, 2.05) is 0 Å². The van der Waals surface area contributed by atoms with Gasteiger partial charge in [0, 0.05) is 13.1 Å². The molecule has 1 rings (SSSR count). The van der Waals surface area contributed by atoms with Crippen molar-refractivity contribution in [1.29, 1.82) is 0 Å². The maximum atomic E-state index is 11.4. The van der Waals surface area contributed by atoms with E-state index in [9.17, 15) is 9.59 Å². The van der Waals surface area contributed by atoms with Gasteiger partial charge in [0.15, 0.2) is 0 Å². The molecule has 5 heteroatoms. The molecule has 0 aromatic heterocycles. The second-order valence-electron chi connectivity index (χ2n) is 3.75. The molecule has 86 valence electrons. The minimum Gasteiger partial charge on any atom is -0.481 e. The Morgan fingerprint density at radius 3 is 2.67 bits per heavy atom. The summed E-state index contributed by atoms with van der Waals surface area (Å²) in [6.45, 7) is 2.04. The van der Waals surface area contributed by atoms with Gasteiger partial charge in [-0.05, 0) is 19.8 Å². The normalized spacial score (nSPS) is 24.9. The van der Waals surface area contributed by atoms with Crippen molar-refractivity contribution < 1.29 is 19.4 Å². The summed E-state index contributed by atoms with van der Waals surface area (Å²) in [5, 5.41) is 8.97. The monoisotopic (exact) mass is 215 g/mol. The number of aliphatic carboxylic acids is 1. The van der Waals surface area contributed by atoms with Crippen molar-refractivity contribution in [1.82, 2.24) is 4.90 Å². The first kappa shape index (κ1) is 11.8. The predicted octanol–water partition coefficient (Wildman–Crippen LogP) is 1.33. The summed E-state index contributed by atoms with van der Waals surface area (Å²) in [4.78, 5) is 23.7. The molecule has 0 heterocycles. The van der Waals surface area contributed by atoms with Crippen LogP contribution in [-0.4, -0.2) is 41.8 Å². The van der Waals surface area contributed by atoms with Gasteiger partial charge >= 0.3 is 12.1 Å². The third-order valence-electron chi connectivity index (χ3n) is 2.85. The van der Waals surface area contributed by atoms with E-state index < -0.39 is 18.0 Å². The molecule has 15 heavy (non-hydrogen) atoms. The first-order chi connectivity index (χ1) is 7.07. The Labute approximate surface area is 89.0 Å². The zero-order valence-electron chi connectivity index (χ0n) is 9.10. The van der Waals surface area contributed by atoms with Crippen LogP contribution in [0, 0.1) is 5.92 Å². The topological polar surface area (TPSA) is 66.8 Å². The lowest BCUT2D eigenvalue weighted by Crippen LogP contribution is -2.42. The van der Waals surface area contributed by atoms with Crippen LogP contribution in [0.5, 0.6) is 0 Å². The van der Waals surface area contributed by atoms with Crippen molar-refractivity contribution in [3.05, 3.63) is 0 Å². The molecule has 2 atom stereocenters. The van der Waals surface area contributed by atoms with Crippen molar-refractivity contribution in [2.75, 3.05) is 13.7 Å². The van der Waals surface area contributed by atoms with Crippen molar-refractivity contribution in [3.63, 3.8) is 0 Å². The van der Waals surface area contributed by atoms with Crippen LogP contribution < -0.4 is 0 Å². The fourth-order valence-corrected chi connectivity index (χ4v) is 2.05. The first-order valence-electron chi connectivity index (χ1n) is 5.20. The molecule has 0 radical (unpaired) electrons. The van der Waals surface area contributed by atoms with Crippen LogP contribution in [0.1, 0.15) is 26.2 Å². The highest BCUT2D eigenvalue weighted by molar-refractivity contribution is 5.74. The van der Waals surface area contributed by atoms with Gasteiger partial charge in [0.1, 0.15) is 0 Å². The molecule has 2 unspecified atom stereocenters. The number of ether oxygens (including phenoxy) is 1. The minimum atomic E-state index is -0.825. The van der Waals surface area contributed by atoms with E-state index in [2.05, 4.69) is 0 Å². The van der Waals surface area contributed by atoms with E-state index >= 15 is 0 Å². The Hall–Kier alpha value is -1.26. The third kappa shape index (κ3) is 2.61. The highest BCUT2D eigenvalue weighted by Crippen LogP contribution is 2.29. The number of carboxylic acid groups (broad SMARTS) is 1. The maximum Gasteiger partial charge on any atom is 0.409 e. The lowest BCUT2D eigenvalue weighted by Gasteiger charge is -2.26. The van der Waals surface area contributed by atoms with Crippen LogP contribution in [0.2, 0.25) is 0 Å². The summed E-state index contributed by atoms with van der Waals surface area (Å²) in [5.41, 5.74) is 0. The van der Waals surface area contributed by atoms with Gasteiger partial charge in [0.2, 0.25) is 0 Å². The summed E-state index contributed by atoms with van der Waals surface area (Å²) >= 11 is 0. The van der Waals surface area contributed by atoms with Crippen molar-refractivity contribution in [2.24, 2.45) is 5.92 Å². The predicted molar refractivity (Wildman–Crippen MR) is 53.5 cm³/mol. The molecule has 1 fully saturated rings. The Bertz CT molecular complexity index is 254. The van der Waals surface area contributed by atoms with Crippen LogP contribution in [-0.2, 0) is 9.53 Å². The molecule has 1 aliphatic carbocycles. The van der Waals surface area contributed by atoms with Crippen molar-refractivity contribution in [2.45, 2.75) is 32.2 Å². The van der Waals surface area contributed by atoms with Crippen molar-refractivity contribution >= 4 is 12.1 Å².